The molecule has 0 aliphatic rings. The highest BCUT2D eigenvalue weighted by Crippen LogP contribution is 2.03. The third-order valence-corrected chi connectivity index (χ3v) is 1.73. The Morgan fingerprint density at radius 2 is 2.57 bits per heavy atom. The van der Waals surface area contributed by atoms with Crippen molar-refractivity contribution >= 4 is 5.97 Å². The van der Waals surface area contributed by atoms with Crippen LogP contribution in [-0.4, -0.2) is 18.1 Å². The predicted octanol–water partition coefficient (Wildman–Crippen LogP) is 1.73. The molecule has 0 aromatic carbocycles. The summed E-state index contributed by atoms with van der Waals surface area (Å²) in [6, 6.07) is 0. The van der Waals surface area contributed by atoms with E-state index in [1.807, 2.05) is 0 Å². The number of rotatable bonds is 5. The van der Waals surface area contributed by atoms with Crippen LogP contribution in [0.25, 0.3) is 0 Å². The number of carbonyl (C=O) groups is 1. The van der Waals surface area contributed by atoms with Crippen molar-refractivity contribution < 1.29 is 13.9 Å². The molecule has 0 fully saturated rings. The van der Waals surface area contributed by atoms with E-state index in [2.05, 4.69) is 9.72 Å². The summed E-state index contributed by atoms with van der Waals surface area (Å²) in [5, 5.41) is 0. The first-order valence-electron chi connectivity index (χ1n) is 4.45. The highest BCUT2D eigenvalue weighted by atomic mass is 16.5. The summed E-state index contributed by atoms with van der Waals surface area (Å²) in [4.78, 5) is 14.5. The molecule has 0 aliphatic carbocycles. The monoisotopic (exact) mass is 195 g/mol. The first kappa shape index (κ1) is 10.5. The molecule has 0 bridgehead atoms. The Morgan fingerprint density at radius 1 is 1.71 bits per heavy atom. The summed E-state index contributed by atoms with van der Waals surface area (Å²) in [6.45, 7) is 0. The van der Waals surface area contributed by atoms with Gasteiger partial charge in [-0.05, 0) is 12.8 Å². The van der Waals surface area contributed by atoms with Crippen molar-refractivity contribution in [1.29, 1.82) is 0 Å². The minimum Gasteiger partial charge on any atom is -0.466 e. The number of hydrogen-bond donors (Lipinski definition) is 0. The number of methoxy groups -OCH3 is 1. The lowest BCUT2D eigenvalue weighted by Crippen LogP contribution is -1.93. The van der Waals surface area contributed by atoms with E-state index in [4.69, 9.17) is 4.42 Å². The van der Waals surface area contributed by atoms with Crippen molar-refractivity contribution in [3.63, 3.8) is 0 Å². The molecular formula is C10H13NO3. The number of ether oxygens (including phenoxy) is 1. The zero-order chi connectivity index (χ0) is 10.2. The van der Waals surface area contributed by atoms with Gasteiger partial charge in [0.1, 0.15) is 5.76 Å². The lowest BCUT2D eigenvalue weighted by Gasteiger charge is -1.92. The quantitative estimate of drug-likeness (QED) is 0.408. The zero-order valence-electron chi connectivity index (χ0n) is 8.10. The molecule has 1 heterocycles. The Kier molecular flexibility index (Phi) is 4.47. The Hall–Kier alpha value is -1.58. The molecule has 1 aromatic rings. The molecule has 76 valence electrons. The van der Waals surface area contributed by atoms with Crippen LogP contribution in [0, 0.1) is 0 Å². The number of nitrogens with zero attached hydrogens (tertiary/aromatic N) is 1. The van der Waals surface area contributed by atoms with Crippen LogP contribution < -0.4 is 0 Å². The second kappa shape index (κ2) is 5.96. The summed E-state index contributed by atoms with van der Waals surface area (Å²) in [7, 11) is 1.36. The highest BCUT2D eigenvalue weighted by molar-refractivity contribution is 5.81. The third kappa shape index (κ3) is 3.89. The average Bonchev–Trinajstić information content (AvgIpc) is 2.69. The maximum atomic E-state index is 10.7. The maximum absolute atomic E-state index is 10.7. The van der Waals surface area contributed by atoms with E-state index in [-0.39, 0.29) is 5.97 Å². The number of carbonyl (C=O) groups excluding carboxylic acids is 1. The molecular weight excluding hydrogens is 182 g/mol. The minimum absolute atomic E-state index is 0.315. The summed E-state index contributed by atoms with van der Waals surface area (Å²) < 4.78 is 9.50. The number of aromatic nitrogens is 1. The minimum atomic E-state index is -0.315. The maximum Gasteiger partial charge on any atom is 0.330 e. The molecule has 0 amide bonds. The van der Waals surface area contributed by atoms with Crippen LogP contribution in [-0.2, 0) is 16.0 Å². The standard InChI is InChI=1S/C10H13NO3/c1-13-10(12)6-4-2-3-5-9-7-11-8-14-9/h4,6-8H,2-3,5H2,1H3/b6-4+. The van der Waals surface area contributed by atoms with Crippen molar-refractivity contribution in [2.24, 2.45) is 0 Å². The van der Waals surface area contributed by atoms with E-state index in [1.54, 1.807) is 12.3 Å². The first-order chi connectivity index (χ1) is 6.83. The Balaban J connectivity index is 2.10. The topological polar surface area (TPSA) is 52.3 Å². The molecule has 0 N–H and O–H groups in total. The van der Waals surface area contributed by atoms with Gasteiger partial charge in [0.25, 0.3) is 0 Å². The Labute approximate surface area is 82.6 Å². The van der Waals surface area contributed by atoms with Gasteiger partial charge in [0.05, 0.1) is 13.3 Å². The van der Waals surface area contributed by atoms with Crippen LogP contribution in [0.5, 0.6) is 0 Å². The van der Waals surface area contributed by atoms with Gasteiger partial charge in [-0.2, -0.15) is 0 Å². The molecule has 0 aliphatic heterocycles. The van der Waals surface area contributed by atoms with Gasteiger partial charge in [-0.25, -0.2) is 9.78 Å². The van der Waals surface area contributed by atoms with Gasteiger partial charge < -0.3 is 9.15 Å². The van der Waals surface area contributed by atoms with Gasteiger partial charge in [-0.15, -0.1) is 0 Å². The first-order valence-corrected chi connectivity index (χ1v) is 4.45. The fourth-order valence-corrected chi connectivity index (χ4v) is 1.01. The molecule has 0 saturated carbocycles. The molecule has 14 heavy (non-hydrogen) atoms. The fraction of sp³-hybridized carbons (Fsp3) is 0.400. The molecule has 0 spiro atoms. The van der Waals surface area contributed by atoms with Crippen molar-refractivity contribution in [1.82, 2.24) is 4.98 Å². The van der Waals surface area contributed by atoms with Crippen molar-refractivity contribution in [2.75, 3.05) is 7.11 Å². The lowest BCUT2D eigenvalue weighted by atomic mass is 10.2. The second-order valence-electron chi connectivity index (χ2n) is 2.79. The number of aryl methyl sites for hydroxylation is 1. The van der Waals surface area contributed by atoms with Crippen LogP contribution in [0.4, 0.5) is 0 Å². The third-order valence-electron chi connectivity index (χ3n) is 1.73. The van der Waals surface area contributed by atoms with Gasteiger partial charge >= 0.3 is 5.97 Å². The smallest absolute Gasteiger partial charge is 0.330 e. The average molecular weight is 195 g/mol. The zero-order valence-corrected chi connectivity index (χ0v) is 8.10. The summed E-state index contributed by atoms with van der Waals surface area (Å²) in [5.41, 5.74) is 0. The largest absolute Gasteiger partial charge is 0.466 e. The summed E-state index contributed by atoms with van der Waals surface area (Å²) in [6.07, 6.45) is 8.94. The predicted molar refractivity (Wildman–Crippen MR) is 50.6 cm³/mol. The van der Waals surface area contributed by atoms with Gasteiger partial charge in [-0.3, -0.25) is 0 Å². The van der Waals surface area contributed by atoms with Crippen molar-refractivity contribution in [3.8, 4) is 0 Å². The van der Waals surface area contributed by atoms with Crippen LogP contribution >= 0.6 is 0 Å². The molecule has 4 nitrogen and oxygen atoms in total. The molecule has 0 saturated heterocycles. The summed E-state index contributed by atoms with van der Waals surface area (Å²) >= 11 is 0. The van der Waals surface area contributed by atoms with E-state index < -0.39 is 0 Å². The van der Waals surface area contributed by atoms with Gasteiger partial charge in [0, 0.05) is 12.5 Å². The van der Waals surface area contributed by atoms with Crippen LogP contribution in [0.2, 0.25) is 0 Å². The highest BCUT2D eigenvalue weighted by Gasteiger charge is 1.95. The number of unbranched alkanes of at least 4 members (excludes halogenated alkanes) is 1. The number of oxazole rings is 1. The molecule has 0 unspecified atom stereocenters. The van der Waals surface area contributed by atoms with Crippen LogP contribution in [0.15, 0.2) is 29.2 Å². The molecule has 0 radical (unpaired) electrons. The Morgan fingerprint density at radius 3 is 3.21 bits per heavy atom. The van der Waals surface area contributed by atoms with E-state index in [0.29, 0.717) is 0 Å². The van der Waals surface area contributed by atoms with E-state index >= 15 is 0 Å². The molecule has 1 rings (SSSR count). The van der Waals surface area contributed by atoms with Gasteiger partial charge in [-0.1, -0.05) is 6.08 Å². The fourth-order valence-electron chi connectivity index (χ4n) is 1.01. The number of esters is 1. The molecule has 0 atom stereocenters. The van der Waals surface area contributed by atoms with Crippen molar-refractivity contribution in [3.05, 3.63) is 30.5 Å². The molecule has 1 aromatic heterocycles. The van der Waals surface area contributed by atoms with E-state index in [9.17, 15) is 4.79 Å². The summed E-state index contributed by atoms with van der Waals surface area (Å²) in [5.74, 6) is 0.557. The molecule has 4 heteroatoms. The lowest BCUT2D eigenvalue weighted by molar-refractivity contribution is -0.134. The van der Waals surface area contributed by atoms with Crippen LogP contribution in [0.1, 0.15) is 18.6 Å². The van der Waals surface area contributed by atoms with E-state index in [0.717, 1.165) is 25.0 Å². The number of hydrogen-bond acceptors (Lipinski definition) is 4. The van der Waals surface area contributed by atoms with Gasteiger partial charge in [0.15, 0.2) is 6.39 Å². The Bertz CT molecular complexity index is 290. The van der Waals surface area contributed by atoms with Gasteiger partial charge in [0.2, 0.25) is 0 Å². The normalized spacial score (nSPS) is 10.6. The number of allylic oxidation sites excluding steroid dienone is 1. The van der Waals surface area contributed by atoms with Crippen molar-refractivity contribution in [2.45, 2.75) is 19.3 Å². The van der Waals surface area contributed by atoms with E-state index in [1.165, 1.54) is 19.6 Å². The van der Waals surface area contributed by atoms with Crippen LogP contribution in [0.3, 0.4) is 0 Å². The second-order valence-corrected chi connectivity index (χ2v) is 2.79. The SMILES string of the molecule is COC(=O)/C=C/CCCc1cnco1.